The van der Waals surface area contributed by atoms with Crippen molar-refractivity contribution < 1.29 is 23.4 Å². The molecular weight excluding hydrogens is 316 g/mol. The summed E-state index contributed by atoms with van der Waals surface area (Å²) in [5.74, 6) is 2.72. The van der Waals surface area contributed by atoms with Crippen molar-refractivity contribution in [1.82, 2.24) is 5.32 Å². The molecule has 1 aromatic rings. The van der Waals surface area contributed by atoms with Gasteiger partial charge in [-0.15, -0.1) is 0 Å². The maximum absolute atomic E-state index is 12.3. The minimum Gasteiger partial charge on any atom is -0.435 e. The summed E-state index contributed by atoms with van der Waals surface area (Å²) in [5, 5.41) is 13.0. The second kappa shape index (κ2) is 5.99. The molecular formula is C18H21F2NO3. The number of amides is 1. The summed E-state index contributed by atoms with van der Waals surface area (Å²) in [6.07, 6.45) is 2.87. The number of benzene rings is 1. The van der Waals surface area contributed by atoms with Crippen LogP contribution >= 0.6 is 0 Å². The summed E-state index contributed by atoms with van der Waals surface area (Å²) in [6.45, 7) is -2.82. The highest BCUT2D eigenvalue weighted by Gasteiger charge is 2.67. The minimum atomic E-state index is -2.90. The fourth-order valence-electron chi connectivity index (χ4n) is 5.01. The molecule has 4 nitrogen and oxygen atoms in total. The zero-order valence-electron chi connectivity index (χ0n) is 13.2. The average molecular weight is 337 g/mol. The number of fused-ring (bicyclic) bond motifs is 5. The molecule has 2 bridgehead atoms. The van der Waals surface area contributed by atoms with Crippen LogP contribution in [0.15, 0.2) is 24.3 Å². The maximum Gasteiger partial charge on any atom is 0.387 e. The second-order valence-electron chi connectivity index (χ2n) is 7.23. The number of carbonyl (C=O) groups excluding carboxylic acids is 1. The van der Waals surface area contributed by atoms with E-state index in [0.29, 0.717) is 17.4 Å². The van der Waals surface area contributed by atoms with Gasteiger partial charge in [-0.3, -0.25) is 4.79 Å². The Morgan fingerprint density at radius 3 is 2.67 bits per heavy atom. The van der Waals surface area contributed by atoms with Crippen LogP contribution in [0.2, 0.25) is 0 Å². The van der Waals surface area contributed by atoms with Gasteiger partial charge in [-0.05, 0) is 60.6 Å². The molecule has 3 aliphatic rings. The molecule has 6 heteroatoms. The van der Waals surface area contributed by atoms with Crippen LogP contribution in [-0.4, -0.2) is 24.2 Å². The van der Waals surface area contributed by atoms with Gasteiger partial charge >= 0.3 is 6.61 Å². The lowest BCUT2D eigenvalue weighted by Gasteiger charge is -2.15. The van der Waals surface area contributed by atoms with E-state index in [-0.39, 0.29) is 24.1 Å². The standard InChI is InChI=1S/C18H21F2NO3/c19-18(20)24-12-3-1-2-9(7-12)13(22)8-21-17(23)16-14-10-4-5-11(6-10)15(14)16/h1-3,7,10-11,13-16,18,22H,4-6,8H2,(H,21,23). The summed E-state index contributed by atoms with van der Waals surface area (Å²) in [5.41, 5.74) is 0.449. The van der Waals surface area contributed by atoms with Gasteiger partial charge in [0.2, 0.25) is 5.91 Å². The molecule has 0 aliphatic heterocycles. The second-order valence-corrected chi connectivity index (χ2v) is 7.23. The molecule has 0 aromatic heterocycles. The Bertz CT molecular complexity index is 622. The normalized spacial score (nSPS) is 34.1. The highest BCUT2D eigenvalue weighted by Crippen LogP contribution is 2.69. The van der Waals surface area contributed by atoms with Gasteiger partial charge in [0.1, 0.15) is 5.75 Å². The molecule has 0 heterocycles. The van der Waals surface area contributed by atoms with E-state index in [1.807, 2.05) is 0 Å². The highest BCUT2D eigenvalue weighted by atomic mass is 19.3. The first-order valence-electron chi connectivity index (χ1n) is 8.55. The lowest BCUT2D eigenvalue weighted by molar-refractivity contribution is -0.123. The number of hydrogen-bond acceptors (Lipinski definition) is 3. The van der Waals surface area contributed by atoms with Gasteiger partial charge in [0.25, 0.3) is 0 Å². The number of aliphatic hydroxyl groups is 1. The van der Waals surface area contributed by atoms with Crippen molar-refractivity contribution >= 4 is 5.91 Å². The fourth-order valence-corrected chi connectivity index (χ4v) is 5.01. The third-order valence-corrected chi connectivity index (χ3v) is 5.98. The van der Waals surface area contributed by atoms with Crippen molar-refractivity contribution in [2.75, 3.05) is 6.54 Å². The summed E-state index contributed by atoms with van der Waals surface area (Å²) in [4.78, 5) is 12.3. The molecule has 0 radical (unpaired) electrons. The molecule has 5 unspecified atom stereocenters. The van der Waals surface area contributed by atoms with Gasteiger partial charge in [-0.2, -0.15) is 8.78 Å². The zero-order valence-corrected chi connectivity index (χ0v) is 13.2. The van der Waals surface area contributed by atoms with Crippen molar-refractivity contribution in [3.05, 3.63) is 29.8 Å². The molecule has 5 atom stereocenters. The fraction of sp³-hybridized carbons (Fsp3) is 0.611. The average Bonchev–Trinajstić information content (AvgIpc) is 2.99. The van der Waals surface area contributed by atoms with Crippen molar-refractivity contribution in [1.29, 1.82) is 0 Å². The molecule has 130 valence electrons. The first kappa shape index (κ1) is 15.8. The Morgan fingerprint density at radius 2 is 2.00 bits per heavy atom. The van der Waals surface area contributed by atoms with Crippen molar-refractivity contribution in [3.8, 4) is 5.75 Å². The number of ether oxygens (including phenoxy) is 1. The molecule has 4 rings (SSSR count). The number of aliphatic hydroxyl groups excluding tert-OH is 1. The highest BCUT2D eigenvalue weighted by molar-refractivity contribution is 5.82. The molecule has 1 amide bonds. The Kier molecular flexibility index (Phi) is 3.95. The molecule has 3 aliphatic carbocycles. The van der Waals surface area contributed by atoms with Crippen LogP contribution in [0.5, 0.6) is 5.75 Å². The predicted molar refractivity (Wildman–Crippen MR) is 82.3 cm³/mol. The number of nitrogens with one attached hydrogen (secondary N) is 1. The van der Waals surface area contributed by atoms with E-state index in [0.717, 1.165) is 11.8 Å². The third-order valence-electron chi connectivity index (χ3n) is 5.98. The summed E-state index contributed by atoms with van der Waals surface area (Å²) in [6, 6.07) is 5.94. The molecule has 2 N–H and O–H groups in total. The SMILES string of the molecule is O=C(NCC(O)c1cccc(OC(F)F)c1)C1C2C3CCC(C3)C12. The first-order valence-corrected chi connectivity index (χ1v) is 8.55. The van der Waals surface area contributed by atoms with Crippen LogP contribution in [0.1, 0.15) is 30.9 Å². The summed E-state index contributed by atoms with van der Waals surface area (Å²) in [7, 11) is 0. The van der Waals surface area contributed by atoms with Crippen molar-refractivity contribution in [2.45, 2.75) is 32.0 Å². The molecule has 3 fully saturated rings. The number of hydrogen-bond donors (Lipinski definition) is 2. The zero-order chi connectivity index (χ0) is 16.8. The lowest BCUT2D eigenvalue weighted by atomic mass is 10.0. The van der Waals surface area contributed by atoms with Crippen LogP contribution in [-0.2, 0) is 4.79 Å². The maximum atomic E-state index is 12.3. The van der Waals surface area contributed by atoms with E-state index < -0.39 is 12.7 Å². The number of halogens is 2. The molecule has 0 saturated heterocycles. The van der Waals surface area contributed by atoms with Gasteiger partial charge in [-0.1, -0.05) is 12.1 Å². The van der Waals surface area contributed by atoms with E-state index in [1.165, 1.54) is 31.4 Å². The van der Waals surface area contributed by atoms with E-state index in [2.05, 4.69) is 10.1 Å². The summed E-state index contributed by atoms with van der Waals surface area (Å²) >= 11 is 0. The molecule has 3 saturated carbocycles. The Balaban J connectivity index is 1.31. The Labute approximate surface area is 139 Å². The van der Waals surface area contributed by atoms with Crippen molar-refractivity contribution in [2.24, 2.45) is 29.6 Å². The monoisotopic (exact) mass is 337 g/mol. The van der Waals surface area contributed by atoms with Crippen LogP contribution < -0.4 is 10.1 Å². The van der Waals surface area contributed by atoms with Crippen LogP contribution in [0.4, 0.5) is 8.78 Å². The van der Waals surface area contributed by atoms with Crippen LogP contribution in [0.25, 0.3) is 0 Å². The minimum absolute atomic E-state index is 0.00109. The van der Waals surface area contributed by atoms with Gasteiger partial charge in [0.05, 0.1) is 6.10 Å². The topological polar surface area (TPSA) is 58.6 Å². The largest absolute Gasteiger partial charge is 0.435 e. The van der Waals surface area contributed by atoms with Crippen LogP contribution in [0.3, 0.4) is 0 Å². The van der Waals surface area contributed by atoms with E-state index in [4.69, 9.17) is 0 Å². The van der Waals surface area contributed by atoms with Gasteiger partial charge in [-0.25, -0.2) is 0 Å². The number of alkyl halides is 2. The third kappa shape index (κ3) is 2.77. The van der Waals surface area contributed by atoms with Gasteiger partial charge < -0.3 is 15.2 Å². The summed E-state index contributed by atoms with van der Waals surface area (Å²) < 4.78 is 28.8. The Hall–Kier alpha value is -1.69. The van der Waals surface area contributed by atoms with E-state index in [1.54, 1.807) is 12.1 Å². The molecule has 1 aromatic carbocycles. The number of rotatable bonds is 6. The number of carbonyl (C=O) groups is 1. The predicted octanol–water partition coefficient (Wildman–Crippen LogP) is 2.73. The Morgan fingerprint density at radius 1 is 1.29 bits per heavy atom. The molecule has 24 heavy (non-hydrogen) atoms. The quantitative estimate of drug-likeness (QED) is 0.839. The van der Waals surface area contributed by atoms with Gasteiger partial charge in [0.15, 0.2) is 0 Å². The molecule has 0 spiro atoms. The van der Waals surface area contributed by atoms with E-state index in [9.17, 15) is 18.7 Å². The first-order chi connectivity index (χ1) is 11.5. The smallest absolute Gasteiger partial charge is 0.387 e. The van der Waals surface area contributed by atoms with E-state index >= 15 is 0 Å². The lowest BCUT2D eigenvalue weighted by Crippen LogP contribution is -2.31. The van der Waals surface area contributed by atoms with Gasteiger partial charge in [0, 0.05) is 12.5 Å². The van der Waals surface area contributed by atoms with Crippen molar-refractivity contribution in [3.63, 3.8) is 0 Å². The van der Waals surface area contributed by atoms with Crippen LogP contribution in [0, 0.1) is 29.6 Å².